The Morgan fingerprint density at radius 2 is 2.00 bits per heavy atom. The van der Waals surface area contributed by atoms with Gasteiger partial charge in [-0.2, -0.15) is 5.26 Å². The van der Waals surface area contributed by atoms with Crippen LogP contribution in [0.2, 0.25) is 0 Å². The number of anilines is 1. The topological polar surface area (TPSA) is 68.3 Å². The molecule has 0 bridgehead atoms. The van der Waals surface area contributed by atoms with Crippen molar-refractivity contribution in [3.05, 3.63) is 23.8 Å². The van der Waals surface area contributed by atoms with E-state index in [0.717, 1.165) is 0 Å². The third-order valence-corrected chi connectivity index (χ3v) is 2.01. The number of nitriles is 1. The van der Waals surface area contributed by atoms with Crippen LogP contribution in [0, 0.1) is 11.3 Å². The monoisotopic (exact) mass is 234 g/mol. The smallest absolute Gasteiger partial charge is 0.142 e. The van der Waals surface area contributed by atoms with Crippen LogP contribution in [0.5, 0.6) is 5.75 Å². The van der Waals surface area contributed by atoms with Crippen LogP contribution in [0.25, 0.3) is 0 Å². The van der Waals surface area contributed by atoms with Crippen LogP contribution in [0.3, 0.4) is 0 Å². The van der Waals surface area contributed by atoms with Gasteiger partial charge in [0.1, 0.15) is 12.4 Å². The van der Waals surface area contributed by atoms with Crippen molar-refractivity contribution in [2.75, 3.05) is 18.9 Å². The zero-order chi connectivity index (χ0) is 12.9. The fraction of sp³-hybridized carbons (Fsp3) is 0.462. The highest BCUT2D eigenvalue weighted by molar-refractivity contribution is 5.56. The third-order valence-electron chi connectivity index (χ3n) is 2.01. The average Bonchev–Trinajstić information content (AvgIpc) is 2.24. The van der Waals surface area contributed by atoms with Crippen molar-refractivity contribution in [1.29, 1.82) is 5.26 Å². The number of hydrogen-bond acceptors (Lipinski definition) is 4. The number of rotatable bonds is 4. The van der Waals surface area contributed by atoms with Crippen molar-refractivity contribution in [3.63, 3.8) is 0 Å². The summed E-state index contributed by atoms with van der Waals surface area (Å²) < 4.78 is 11.0. The normalized spacial score (nSPS) is 10.9. The average molecular weight is 234 g/mol. The van der Waals surface area contributed by atoms with E-state index < -0.39 is 0 Å². The van der Waals surface area contributed by atoms with Gasteiger partial charge in [-0.25, -0.2) is 0 Å². The van der Waals surface area contributed by atoms with Gasteiger partial charge in [0.2, 0.25) is 0 Å². The minimum Gasteiger partial charge on any atom is -0.489 e. The minimum absolute atomic E-state index is 0.167. The van der Waals surface area contributed by atoms with Crippen LogP contribution >= 0.6 is 0 Å². The molecule has 0 aromatic heterocycles. The second kappa shape index (κ2) is 5.55. The predicted octanol–water partition coefficient (Wildman–Crippen LogP) is 2.33. The standard InChI is InChI=1S/C13H18N2O2/c1-13(2,3)17-7-6-16-12-5-4-10(9-14)8-11(12)15/h4-5,8H,6-7,15H2,1-3H3. The van der Waals surface area contributed by atoms with Gasteiger partial charge >= 0.3 is 0 Å². The number of benzene rings is 1. The van der Waals surface area contributed by atoms with E-state index in [9.17, 15) is 0 Å². The van der Waals surface area contributed by atoms with Gasteiger partial charge in [-0.15, -0.1) is 0 Å². The van der Waals surface area contributed by atoms with Gasteiger partial charge in [-0.1, -0.05) is 0 Å². The van der Waals surface area contributed by atoms with Gasteiger partial charge in [0, 0.05) is 0 Å². The highest BCUT2D eigenvalue weighted by Crippen LogP contribution is 2.22. The summed E-state index contributed by atoms with van der Waals surface area (Å²) in [6.45, 7) is 6.91. The lowest BCUT2D eigenvalue weighted by Crippen LogP contribution is -2.22. The van der Waals surface area contributed by atoms with E-state index in [4.69, 9.17) is 20.5 Å². The Hall–Kier alpha value is -1.73. The molecule has 0 aliphatic rings. The molecule has 1 aromatic carbocycles. The van der Waals surface area contributed by atoms with Gasteiger partial charge < -0.3 is 15.2 Å². The Kier molecular flexibility index (Phi) is 4.36. The SMILES string of the molecule is CC(C)(C)OCCOc1ccc(C#N)cc1N. The lowest BCUT2D eigenvalue weighted by atomic mass is 10.2. The third kappa shape index (κ3) is 4.75. The van der Waals surface area contributed by atoms with Gasteiger partial charge in [-0.05, 0) is 39.0 Å². The molecule has 0 heterocycles. The van der Waals surface area contributed by atoms with Crippen molar-refractivity contribution in [1.82, 2.24) is 0 Å². The van der Waals surface area contributed by atoms with Crippen molar-refractivity contribution >= 4 is 5.69 Å². The van der Waals surface area contributed by atoms with E-state index in [1.165, 1.54) is 0 Å². The first kappa shape index (κ1) is 13.3. The molecule has 0 atom stereocenters. The van der Waals surface area contributed by atoms with E-state index >= 15 is 0 Å². The van der Waals surface area contributed by atoms with E-state index in [0.29, 0.717) is 30.2 Å². The summed E-state index contributed by atoms with van der Waals surface area (Å²) in [5, 5.41) is 8.69. The van der Waals surface area contributed by atoms with Crippen LogP contribution < -0.4 is 10.5 Å². The Balaban J connectivity index is 2.45. The van der Waals surface area contributed by atoms with E-state index in [2.05, 4.69) is 0 Å². The molecule has 0 aliphatic carbocycles. The van der Waals surface area contributed by atoms with Crippen LogP contribution in [0.15, 0.2) is 18.2 Å². The summed E-state index contributed by atoms with van der Waals surface area (Å²) in [5.41, 5.74) is 6.58. The van der Waals surface area contributed by atoms with E-state index in [-0.39, 0.29) is 5.60 Å². The first-order valence-electron chi connectivity index (χ1n) is 5.49. The molecule has 0 radical (unpaired) electrons. The zero-order valence-electron chi connectivity index (χ0n) is 10.5. The maximum atomic E-state index is 8.69. The van der Waals surface area contributed by atoms with Crippen molar-refractivity contribution < 1.29 is 9.47 Å². The highest BCUT2D eigenvalue weighted by atomic mass is 16.5. The fourth-order valence-corrected chi connectivity index (χ4v) is 1.25. The quantitative estimate of drug-likeness (QED) is 0.641. The molecule has 0 saturated carbocycles. The van der Waals surface area contributed by atoms with Crippen molar-refractivity contribution in [2.24, 2.45) is 0 Å². The molecule has 1 aromatic rings. The van der Waals surface area contributed by atoms with Crippen LogP contribution in [0.4, 0.5) is 5.69 Å². The molecule has 0 saturated heterocycles. The lowest BCUT2D eigenvalue weighted by molar-refractivity contribution is -0.0162. The Morgan fingerprint density at radius 1 is 1.29 bits per heavy atom. The second-order valence-electron chi connectivity index (χ2n) is 4.67. The fourth-order valence-electron chi connectivity index (χ4n) is 1.25. The summed E-state index contributed by atoms with van der Waals surface area (Å²) in [7, 11) is 0. The largest absolute Gasteiger partial charge is 0.489 e. The predicted molar refractivity (Wildman–Crippen MR) is 66.8 cm³/mol. The molecular formula is C13H18N2O2. The van der Waals surface area contributed by atoms with E-state index in [1.54, 1.807) is 18.2 Å². The number of nitrogen functional groups attached to an aromatic ring is 1. The molecule has 2 N–H and O–H groups in total. The Morgan fingerprint density at radius 3 is 2.53 bits per heavy atom. The molecular weight excluding hydrogens is 216 g/mol. The summed E-state index contributed by atoms with van der Waals surface area (Å²) >= 11 is 0. The molecule has 1 rings (SSSR count). The Labute approximate surface area is 102 Å². The molecule has 17 heavy (non-hydrogen) atoms. The molecule has 0 amide bonds. The van der Waals surface area contributed by atoms with Crippen LogP contribution in [0.1, 0.15) is 26.3 Å². The van der Waals surface area contributed by atoms with Crippen LogP contribution in [-0.2, 0) is 4.74 Å². The summed E-state index contributed by atoms with van der Waals surface area (Å²) in [6, 6.07) is 7.00. The number of ether oxygens (including phenoxy) is 2. The van der Waals surface area contributed by atoms with Gasteiger partial charge in [0.05, 0.1) is 29.5 Å². The van der Waals surface area contributed by atoms with Crippen LogP contribution in [-0.4, -0.2) is 18.8 Å². The van der Waals surface area contributed by atoms with Gasteiger partial charge in [0.25, 0.3) is 0 Å². The lowest BCUT2D eigenvalue weighted by Gasteiger charge is -2.19. The minimum atomic E-state index is -0.167. The molecule has 0 fully saturated rings. The number of nitrogens with two attached hydrogens (primary N) is 1. The molecule has 0 unspecified atom stereocenters. The summed E-state index contributed by atoms with van der Waals surface area (Å²) in [5.74, 6) is 0.585. The van der Waals surface area contributed by atoms with Crippen molar-refractivity contribution in [2.45, 2.75) is 26.4 Å². The first-order chi connectivity index (χ1) is 7.92. The summed E-state index contributed by atoms with van der Waals surface area (Å²) in [4.78, 5) is 0. The number of hydrogen-bond donors (Lipinski definition) is 1. The molecule has 0 spiro atoms. The van der Waals surface area contributed by atoms with Gasteiger partial charge in [0.15, 0.2) is 0 Å². The molecule has 0 aliphatic heterocycles. The Bertz CT molecular complexity index is 416. The first-order valence-corrected chi connectivity index (χ1v) is 5.49. The maximum absolute atomic E-state index is 8.69. The second-order valence-corrected chi connectivity index (χ2v) is 4.67. The number of nitrogens with zero attached hydrogens (tertiary/aromatic N) is 1. The summed E-state index contributed by atoms with van der Waals surface area (Å²) in [6.07, 6.45) is 0. The van der Waals surface area contributed by atoms with Gasteiger partial charge in [-0.3, -0.25) is 0 Å². The van der Waals surface area contributed by atoms with E-state index in [1.807, 2.05) is 26.8 Å². The highest BCUT2D eigenvalue weighted by Gasteiger charge is 2.09. The van der Waals surface area contributed by atoms with Crippen molar-refractivity contribution in [3.8, 4) is 11.8 Å². The zero-order valence-corrected chi connectivity index (χ0v) is 10.5. The molecule has 92 valence electrons. The molecule has 4 nitrogen and oxygen atoms in total. The molecule has 4 heteroatoms. The maximum Gasteiger partial charge on any atom is 0.142 e.